The van der Waals surface area contributed by atoms with Crippen molar-refractivity contribution in [2.24, 2.45) is 0 Å². The van der Waals surface area contributed by atoms with Gasteiger partial charge in [-0.05, 0) is 31.5 Å². The predicted molar refractivity (Wildman–Crippen MR) is 63.2 cm³/mol. The highest BCUT2D eigenvalue weighted by atomic mass is 15.1. The van der Waals surface area contributed by atoms with Crippen LogP contribution in [0.4, 0.5) is 0 Å². The molecule has 3 rings (SSSR count). The van der Waals surface area contributed by atoms with Gasteiger partial charge in [0.05, 0.1) is 12.0 Å². The first-order chi connectivity index (χ1) is 7.93. The lowest BCUT2D eigenvalue weighted by Crippen LogP contribution is -2.31. The monoisotopic (exact) mass is 216 g/mol. The Morgan fingerprint density at radius 3 is 3.19 bits per heavy atom. The molecule has 0 aromatic carbocycles. The molecular formula is C12H16N4. The number of nitrogens with one attached hydrogen (secondary N) is 2. The molecule has 2 aromatic rings. The maximum atomic E-state index is 4.44. The van der Waals surface area contributed by atoms with Gasteiger partial charge in [-0.25, -0.2) is 4.98 Å². The minimum absolute atomic E-state index is 0.560. The van der Waals surface area contributed by atoms with Crippen LogP contribution in [0.5, 0.6) is 0 Å². The van der Waals surface area contributed by atoms with Gasteiger partial charge >= 0.3 is 0 Å². The van der Waals surface area contributed by atoms with E-state index in [1.165, 1.54) is 12.8 Å². The van der Waals surface area contributed by atoms with Crippen LogP contribution < -0.4 is 5.32 Å². The van der Waals surface area contributed by atoms with E-state index in [2.05, 4.69) is 26.0 Å². The quantitative estimate of drug-likeness (QED) is 0.804. The molecule has 1 saturated heterocycles. The molecule has 4 heteroatoms. The first kappa shape index (κ1) is 9.66. The Morgan fingerprint density at radius 2 is 2.44 bits per heavy atom. The Labute approximate surface area is 94.7 Å². The lowest BCUT2D eigenvalue weighted by atomic mass is 10.1. The molecule has 0 bridgehead atoms. The molecule has 16 heavy (non-hydrogen) atoms. The number of aromatic nitrogens is 3. The average molecular weight is 216 g/mol. The summed E-state index contributed by atoms with van der Waals surface area (Å²) in [5.74, 6) is 0. The molecular weight excluding hydrogens is 200 g/mol. The minimum atomic E-state index is 0.560. The van der Waals surface area contributed by atoms with Crippen LogP contribution in [0.2, 0.25) is 0 Å². The summed E-state index contributed by atoms with van der Waals surface area (Å²) in [7, 11) is 0. The third-order valence-corrected chi connectivity index (χ3v) is 3.17. The van der Waals surface area contributed by atoms with Crippen LogP contribution in [-0.2, 0) is 0 Å². The van der Waals surface area contributed by atoms with E-state index >= 15 is 0 Å². The van der Waals surface area contributed by atoms with E-state index < -0.39 is 0 Å². The van der Waals surface area contributed by atoms with Gasteiger partial charge in [0.2, 0.25) is 0 Å². The van der Waals surface area contributed by atoms with Gasteiger partial charge in [0.1, 0.15) is 5.69 Å². The highest BCUT2D eigenvalue weighted by Crippen LogP contribution is 2.20. The molecule has 1 aliphatic heterocycles. The summed E-state index contributed by atoms with van der Waals surface area (Å²) in [6.07, 6.45) is 8.49. The molecule has 0 spiro atoms. The van der Waals surface area contributed by atoms with Crippen molar-refractivity contribution in [3.8, 4) is 11.4 Å². The Hall–Kier alpha value is -1.55. The van der Waals surface area contributed by atoms with Crippen LogP contribution in [0.1, 0.15) is 18.9 Å². The highest BCUT2D eigenvalue weighted by molar-refractivity contribution is 5.52. The number of hydrogen-bond donors (Lipinski definition) is 2. The van der Waals surface area contributed by atoms with E-state index in [9.17, 15) is 0 Å². The smallest absolute Gasteiger partial charge is 0.104 e. The summed E-state index contributed by atoms with van der Waals surface area (Å²) in [5, 5.41) is 3.42. The largest absolute Gasteiger partial charge is 0.360 e. The molecule has 3 heterocycles. The molecule has 1 fully saturated rings. The van der Waals surface area contributed by atoms with Gasteiger partial charge in [-0.3, -0.25) is 0 Å². The molecule has 0 radical (unpaired) electrons. The number of imidazole rings is 1. The molecule has 0 amide bonds. The molecule has 4 nitrogen and oxygen atoms in total. The second kappa shape index (κ2) is 4.14. The molecule has 0 unspecified atom stereocenters. The van der Waals surface area contributed by atoms with Gasteiger partial charge in [0, 0.05) is 25.0 Å². The van der Waals surface area contributed by atoms with E-state index in [1.54, 1.807) is 0 Å². The van der Waals surface area contributed by atoms with Crippen molar-refractivity contribution in [3.63, 3.8) is 0 Å². The van der Waals surface area contributed by atoms with Gasteiger partial charge in [0.15, 0.2) is 0 Å². The fourth-order valence-corrected chi connectivity index (χ4v) is 2.25. The third kappa shape index (κ3) is 1.76. The Bertz CT molecular complexity index is 437. The Morgan fingerprint density at radius 1 is 1.44 bits per heavy atom. The Kier molecular flexibility index (Phi) is 2.50. The van der Waals surface area contributed by atoms with E-state index in [1.807, 2.05) is 24.7 Å². The van der Waals surface area contributed by atoms with E-state index in [-0.39, 0.29) is 0 Å². The summed E-state index contributed by atoms with van der Waals surface area (Å²) >= 11 is 0. The average Bonchev–Trinajstić information content (AvgIpc) is 3.01. The minimum Gasteiger partial charge on any atom is -0.360 e. The van der Waals surface area contributed by atoms with Crippen molar-refractivity contribution < 1.29 is 0 Å². The van der Waals surface area contributed by atoms with Crippen LogP contribution in [0.15, 0.2) is 30.9 Å². The number of hydrogen-bond acceptors (Lipinski definition) is 2. The summed E-state index contributed by atoms with van der Waals surface area (Å²) < 4.78 is 2.22. The van der Waals surface area contributed by atoms with E-state index in [4.69, 9.17) is 0 Å². The predicted octanol–water partition coefficient (Wildman–Crippen LogP) is 1.80. The molecule has 1 aliphatic rings. The first-order valence-corrected chi connectivity index (χ1v) is 5.81. The standard InChI is InChI=1S/C12H16N4/c1-3-10(7-13-5-1)16-8-12(15-9-16)11-4-2-6-14-11/h2,4,6,8-10,13-14H,1,3,5,7H2/t10-/m0/s1. The number of piperidine rings is 1. The lowest BCUT2D eigenvalue weighted by molar-refractivity contribution is 0.371. The maximum Gasteiger partial charge on any atom is 0.104 e. The molecule has 84 valence electrons. The van der Waals surface area contributed by atoms with Crippen LogP contribution >= 0.6 is 0 Å². The summed E-state index contributed by atoms with van der Waals surface area (Å²) in [6, 6.07) is 4.60. The number of H-pyrrole nitrogens is 1. The second-order valence-electron chi connectivity index (χ2n) is 4.29. The van der Waals surface area contributed by atoms with Gasteiger partial charge in [-0.1, -0.05) is 0 Å². The number of rotatable bonds is 2. The van der Waals surface area contributed by atoms with Gasteiger partial charge < -0.3 is 14.9 Å². The van der Waals surface area contributed by atoms with Crippen molar-refractivity contribution in [2.75, 3.05) is 13.1 Å². The highest BCUT2D eigenvalue weighted by Gasteiger charge is 2.15. The zero-order chi connectivity index (χ0) is 10.8. The van der Waals surface area contributed by atoms with E-state index in [0.717, 1.165) is 24.5 Å². The second-order valence-corrected chi connectivity index (χ2v) is 4.29. The molecule has 2 N–H and O–H groups in total. The SMILES string of the molecule is c1c[nH]c(-c2cn([C@H]3CCCNC3)cn2)c1. The normalized spacial score (nSPS) is 21.1. The fourth-order valence-electron chi connectivity index (χ4n) is 2.25. The summed E-state index contributed by atoms with van der Waals surface area (Å²) in [5.41, 5.74) is 2.11. The molecule has 1 atom stereocenters. The topological polar surface area (TPSA) is 45.6 Å². The van der Waals surface area contributed by atoms with Crippen LogP contribution in [0.3, 0.4) is 0 Å². The lowest BCUT2D eigenvalue weighted by Gasteiger charge is -2.23. The number of aromatic amines is 1. The maximum absolute atomic E-state index is 4.44. The Balaban J connectivity index is 1.82. The van der Waals surface area contributed by atoms with Gasteiger partial charge in [-0.15, -0.1) is 0 Å². The third-order valence-electron chi connectivity index (χ3n) is 3.17. The zero-order valence-corrected chi connectivity index (χ0v) is 9.19. The zero-order valence-electron chi connectivity index (χ0n) is 9.19. The number of nitrogens with zero attached hydrogens (tertiary/aromatic N) is 2. The van der Waals surface area contributed by atoms with E-state index in [0.29, 0.717) is 6.04 Å². The first-order valence-electron chi connectivity index (χ1n) is 5.81. The van der Waals surface area contributed by atoms with Crippen LogP contribution in [0.25, 0.3) is 11.4 Å². The van der Waals surface area contributed by atoms with Crippen molar-refractivity contribution in [2.45, 2.75) is 18.9 Å². The molecule has 2 aromatic heterocycles. The molecule has 0 saturated carbocycles. The van der Waals surface area contributed by atoms with Crippen LogP contribution in [0, 0.1) is 0 Å². The van der Waals surface area contributed by atoms with Crippen molar-refractivity contribution >= 4 is 0 Å². The summed E-state index contributed by atoms with van der Waals surface area (Å²) in [4.78, 5) is 7.62. The van der Waals surface area contributed by atoms with Gasteiger partial charge in [-0.2, -0.15) is 0 Å². The van der Waals surface area contributed by atoms with Crippen molar-refractivity contribution in [1.29, 1.82) is 0 Å². The van der Waals surface area contributed by atoms with Crippen molar-refractivity contribution in [1.82, 2.24) is 19.9 Å². The summed E-state index contributed by atoms with van der Waals surface area (Å²) in [6.45, 7) is 2.20. The van der Waals surface area contributed by atoms with Crippen molar-refractivity contribution in [3.05, 3.63) is 30.9 Å². The van der Waals surface area contributed by atoms with Crippen LogP contribution in [-0.4, -0.2) is 27.6 Å². The van der Waals surface area contributed by atoms with Gasteiger partial charge in [0.25, 0.3) is 0 Å². The molecule has 0 aliphatic carbocycles. The fraction of sp³-hybridized carbons (Fsp3) is 0.417.